The first kappa shape index (κ1) is 20.1. The molecule has 4 rings (SSSR count). The van der Waals surface area contributed by atoms with Crippen LogP contribution in [0, 0.1) is 0 Å². The van der Waals surface area contributed by atoms with E-state index in [-0.39, 0.29) is 29.7 Å². The standard InChI is InChI=1S/C19H22FN6O4/c1-19(20)14(28)12(8-29-11-7-5-4-6-10(11)27)30-17(19)26-9-22-13-15(25(2)3)23-18(21)24-16(13)26/h4-7,9,12,14,17,28H,8H2,1-3H3,(H2,21,23,24)/t12-,14-,17-,19-/m1/s1. The molecule has 1 aromatic carbocycles. The molecule has 3 heterocycles. The Morgan fingerprint density at radius 2 is 2.10 bits per heavy atom. The topological polar surface area (TPSA) is 131 Å². The fourth-order valence-corrected chi connectivity index (χ4v) is 3.49. The molecule has 1 aliphatic rings. The van der Waals surface area contributed by atoms with Gasteiger partial charge in [0.15, 0.2) is 34.6 Å². The van der Waals surface area contributed by atoms with Crippen LogP contribution in [0.15, 0.2) is 30.6 Å². The zero-order valence-corrected chi connectivity index (χ0v) is 16.7. The Labute approximate surface area is 171 Å². The fraction of sp³-hybridized carbons (Fsp3) is 0.421. The third-order valence-electron chi connectivity index (χ3n) is 5.07. The molecule has 0 spiro atoms. The van der Waals surface area contributed by atoms with E-state index < -0.39 is 24.1 Å². The highest BCUT2D eigenvalue weighted by molar-refractivity contribution is 5.84. The van der Waals surface area contributed by atoms with Gasteiger partial charge < -0.3 is 25.2 Å². The SMILES string of the molecule is CN(C)c1nc(N)nc2c1ncn2[C@@H]1O[C@H](COc2ccccc2[O])[C@@H](O)[C@@]1(C)F. The zero-order chi connectivity index (χ0) is 21.6. The number of anilines is 2. The Hall–Kier alpha value is -3.18. The summed E-state index contributed by atoms with van der Waals surface area (Å²) >= 11 is 0. The molecule has 0 amide bonds. The van der Waals surface area contributed by atoms with Crippen LogP contribution in [0.25, 0.3) is 11.2 Å². The number of hydrogen-bond acceptors (Lipinski definition) is 8. The van der Waals surface area contributed by atoms with Crippen molar-refractivity contribution < 1.29 is 24.1 Å². The first-order chi connectivity index (χ1) is 14.2. The van der Waals surface area contributed by atoms with Crippen molar-refractivity contribution in [1.29, 1.82) is 0 Å². The molecule has 2 aromatic heterocycles. The molecule has 159 valence electrons. The highest BCUT2D eigenvalue weighted by Gasteiger charge is 2.55. The van der Waals surface area contributed by atoms with E-state index in [1.54, 1.807) is 31.1 Å². The number of aromatic nitrogens is 4. The number of para-hydroxylation sites is 2. The number of hydrogen-bond donors (Lipinski definition) is 2. The summed E-state index contributed by atoms with van der Waals surface area (Å²) in [7, 11) is 3.55. The predicted octanol–water partition coefficient (Wildman–Crippen LogP) is 1.68. The van der Waals surface area contributed by atoms with E-state index in [4.69, 9.17) is 15.2 Å². The molecular formula is C19H22FN6O4. The number of fused-ring (bicyclic) bond motifs is 1. The maximum Gasteiger partial charge on any atom is 0.224 e. The molecule has 0 bridgehead atoms. The first-order valence-electron chi connectivity index (χ1n) is 9.28. The van der Waals surface area contributed by atoms with E-state index in [0.717, 1.165) is 0 Å². The van der Waals surface area contributed by atoms with E-state index in [9.17, 15) is 10.2 Å². The molecule has 4 atom stereocenters. The Morgan fingerprint density at radius 3 is 2.80 bits per heavy atom. The summed E-state index contributed by atoms with van der Waals surface area (Å²) in [6.07, 6.45) is -2.39. The van der Waals surface area contributed by atoms with E-state index in [0.29, 0.717) is 11.3 Å². The molecule has 0 unspecified atom stereocenters. The van der Waals surface area contributed by atoms with Crippen molar-refractivity contribution in [3.8, 4) is 11.5 Å². The van der Waals surface area contributed by atoms with Gasteiger partial charge in [-0.25, -0.2) is 9.37 Å². The van der Waals surface area contributed by atoms with Gasteiger partial charge >= 0.3 is 0 Å². The van der Waals surface area contributed by atoms with E-state index in [2.05, 4.69) is 15.0 Å². The van der Waals surface area contributed by atoms with Gasteiger partial charge in [0.25, 0.3) is 0 Å². The second-order valence-electron chi connectivity index (χ2n) is 7.50. The van der Waals surface area contributed by atoms with Gasteiger partial charge in [-0.1, -0.05) is 12.1 Å². The summed E-state index contributed by atoms with van der Waals surface area (Å²) in [5, 5.41) is 22.3. The molecule has 3 aromatic rings. The first-order valence-corrected chi connectivity index (χ1v) is 9.28. The van der Waals surface area contributed by atoms with Crippen LogP contribution in [0.3, 0.4) is 0 Å². The molecule has 11 heteroatoms. The van der Waals surface area contributed by atoms with Crippen LogP contribution in [-0.2, 0) is 9.84 Å². The number of aliphatic hydroxyl groups excluding tert-OH is 1. The third kappa shape index (κ3) is 3.25. The van der Waals surface area contributed by atoms with Crippen molar-refractivity contribution in [2.75, 3.05) is 31.3 Å². The zero-order valence-electron chi connectivity index (χ0n) is 16.7. The largest absolute Gasteiger partial charge is 0.487 e. The van der Waals surface area contributed by atoms with Crippen molar-refractivity contribution in [1.82, 2.24) is 19.5 Å². The van der Waals surface area contributed by atoms with Crippen LogP contribution < -0.4 is 15.4 Å². The van der Waals surface area contributed by atoms with E-state index in [1.165, 1.54) is 30.0 Å². The smallest absolute Gasteiger partial charge is 0.224 e. The second kappa shape index (κ2) is 7.26. The monoisotopic (exact) mass is 417 g/mol. The summed E-state index contributed by atoms with van der Waals surface area (Å²) in [6.45, 7) is 1.02. The number of nitrogen functional groups attached to an aromatic ring is 1. The molecule has 1 aliphatic heterocycles. The highest BCUT2D eigenvalue weighted by Crippen LogP contribution is 2.43. The maximum absolute atomic E-state index is 15.5. The molecule has 30 heavy (non-hydrogen) atoms. The van der Waals surface area contributed by atoms with Crippen LogP contribution in [-0.4, -0.2) is 63.2 Å². The number of nitrogens with zero attached hydrogens (tertiary/aromatic N) is 5. The van der Waals surface area contributed by atoms with Gasteiger partial charge in [-0.2, -0.15) is 9.97 Å². The number of ether oxygens (including phenoxy) is 2. The van der Waals surface area contributed by atoms with Crippen LogP contribution >= 0.6 is 0 Å². The highest BCUT2D eigenvalue weighted by atomic mass is 19.1. The number of rotatable bonds is 5. The van der Waals surface area contributed by atoms with Gasteiger partial charge in [-0.3, -0.25) is 9.67 Å². The van der Waals surface area contributed by atoms with Crippen molar-refractivity contribution in [3.63, 3.8) is 0 Å². The lowest BCUT2D eigenvalue weighted by Crippen LogP contribution is -2.41. The van der Waals surface area contributed by atoms with Gasteiger partial charge in [-0.15, -0.1) is 0 Å². The Balaban J connectivity index is 1.64. The minimum absolute atomic E-state index is 0.000933. The molecule has 0 saturated carbocycles. The van der Waals surface area contributed by atoms with Gasteiger partial charge in [0.05, 0.1) is 6.33 Å². The van der Waals surface area contributed by atoms with Crippen molar-refractivity contribution in [3.05, 3.63) is 30.6 Å². The number of halogens is 1. The number of aliphatic hydroxyl groups is 1. The van der Waals surface area contributed by atoms with Gasteiger partial charge in [0, 0.05) is 14.1 Å². The second-order valence-corrected chi connectivity index (χ2v) is 7.50. The summed E-state index contributed by atoms with van der Waals surface area (Å²) in [5.41, 5.74) is 4.33. The van der Waals surface area contributed by atoms with E-state index >= 15 is 4.39 Å². The van der Waals surface area contributed by atoms with Crippen LogP contribution in [0.4, 0.5) is 16.2 Å². The Bertz CT molecular complexity index is 1070. The van der Waals surface area contributed by atoms with E-state index in [1.807, 2.05) is 0 Å². The number of alkyl halides is 1. The summed E-state index contributed by atoms with van der Waals surface area (Å²) in [4.78, 5) is 14.3. The Kier molecular flexibility index (Phi) is 4.86. The summed E-state index contributed by atoms with van der Waals surface area (Å²) < 4.78 is 28.2. The molecule has 1 saturated heterocycles. The molecule has 3 N–H and O–H groups in total. The van der Waals surface area contributed by atoms with Gasteiger partial charge in [0.2, 0.25) is 11.7 Å². The lowest BCUT2D eigenvalue weighted by molar-refractivity contribution is -0.0541. The number of imidazole rings is 1. The predicted molar refractivity (Wildman–Crippen MR) is 106 cm³/mol. The minimum Gasteiger partial charge on any atom is -0.487 e. The van der Waals surface area contributed by atoms with Crippen molar-refractivity contribution in [2.45, 2.75) is 31.0 Å². The summed E-state index contributed by atoms with van der Waals surface area (Å²) in [5.74, 6) is 0.261. The third-order valence-corrected chi connectivity index (χ3v) is 5.07. The molecule has 1 fully saturated rings. The summed E-state index contributed by atoms with van der Waals surface area (Å²) in [6, 6.07) is 6.09. The molecule has 10 nitrogen and oxygen atoms in total. The minimum atomic E-state index is -2.18. The molecular weight excluding hydrogens is 395 g/mol. The van der Waals surface area contributed by atoms with Gasteiger partial charge in [-0.05, 0) is 19.1 Å². The molecule has 0 aliphatic carbocycles. The van der Waals surface area contributed by atoms with Gasteiger partial charge in [0.1, 0.15) is 18.8 Å². The average molecular weight is 417 g/mol. The average Bonchev–Trinajstić information content (AvgIpc) is 3.19. The lowest BCUT2D eigenvalue weighted by Gasteiger charge is -2.24. The van der Waals surface area contributed by atoms with Crippen molar-refractivity contribution in [2.24, 2.45) is 0 Å². The lowest BCUT2D eigenvalue weighted by atomic mass is 9.98. The molecule has 1 radical (unpaired) electrons. The van der Waals surface area contributed by atoms with Crippen LogP contribution in [0.1, 0.15) is 13.2 Å². The Morgan fingerprint density at radius 1 is 1.37 bits per heavy atom. The number of nitrogens with two attached hydrogens (primary N) is 1. The van der Waals surface area contributed by atoms with Crippen molar-refractivity contribution >= 4 is 22.9 Å². The fourth-order valence-electron chi connectivity index (χ4n) is 3.49. The van der Waals surface area contributed by atoms with Crippen LogP contribution in [0.5, 0.6) is 11.5 Å². The maximum atomic E-state index is 15.5. The van der Waals surface area contributed by atoms with Crippen LogP contribution in [0.2, 0.25) is 0 Å². The number of benzene rings is 1. The quantitative estimate of drug-likeness (QED) is 0.641. The normalized spacial score (nSPS) is 26.2.